The lowest BCUT2D eigenvalue weighted by atomic mass is 10.1. The second-order valence-electron chi connectivity index (χ2n) is 4.80. The van der Waals surface area contributed by atoms with Gasteiger partial charge < -0.3 is 15.8 Å². The molecule has 0 amide bonds. The fourth-order valence-corrected chi connectivity index (χ4v) is 3.34. The van der Waals surface area contributed by atoms with Crippen LogP contribution >= 0.6 is 11.6 Å². The molecule has 0 saturated carbocycles. The van der Waals surface area contributed by atoms with Gasteiger partial charge in [-0.3, -0.25) is 0 Å². The highest BCUT2D eigenvalue weighted by molar-refractivity contribution is 7.88. The third-order valence-corrected chi connectivity index (χ3v) is 5.03. The number of benzene rings is 1. The van der Waals surface area contributed by atoms with Crippen LogP contribution in [0.25, 0.3) is 0 Å². The first-order valence-corrected chi connectivity index (χ1v) is 8.53. The van der Waals surface area contributed by atoms with Gasteiger partial charge in [0.1, 0.15) is 0 Å². The van der Waals surface area contributed by atoms with Crippen molar-refractivity contribution in [1.29, 1.82) is 0 Å². The fourth-order valence-electron chi connectivity index (χ4n) is 2.24. The van der Waals surface area contributed by atoms with E-state index in [0.29, 0.717) is 36.8 Å². The molecular formula is C12H17ClN4O3S. The number of nitrogens with zero attached hydrogens (tertiary/aromatic N) is 3. The monoisotopic (exact) mass is 332 g/mol. The van der Waals surface area contributed by atoms with Crippen molar-refractivity contribution in [3.63, 3.8) is 0 Å². The number of anilines is 1. The van der Waals surface area contributed by atoms with Gasteiger partial charge in [-0.05, 0) is 18.2 Å². The van der Waals surface area contributed by atoms with Gasteiger partial charge in [0.05, 0.1) is 11.3 Å². The Morgan fingerprint density at radius 2 is 1.95 bits per heavy atom. The average Bonchev–Trinajstić information content (AvgIpc) is 2.45. The van der Waals surface area contributed by atoms with Gasteiger partial charge in [-0.2, -0.15) is 4.31 Å². The second-order valence-corrected chi connectivity index (χ2v) is 7.19. The quantitative estimate of drug-likeness (QED) is 0.364. The Kier molecular flexibility index (Phi) is 4.60. The first-order chi connectivity index (χ1) is 9.82. The Bertz CT molecular complexity index is 654. The van der Waals surface area contributed by atoms with Crippen molar-refractivity contribution >= 4 is 33.1 Å². The molecule has 1 heterocycles. The predicted octanol–water partition coefficient (Wildman–Crippen LogP) is 0.516. The Morgan fingerprint density at radius 3 is 2.43 bits per heavy atom. The normalized spacial score (nSPS) is 18.0. The molecule has 1 aromatic carbocycles. The zero-order chi connectivity index (χ0) is 15.6. The van der Waals surface area contributed by atoms with E-state index in [4.69, 9.17) is 22.5 Å². The van der Waals surface area contributed by atoms with Crippen LogP contribution in [0.4, 0.5) is 5.69 Å². The Morgan fingerprint density at radius 1 is 1.33 bits per heavy atom. The Hall–Kier alpha value is -1.51. The molecule has 1 aliphatic heterocycles. The summed E-state index contributed by atoms with van der Waals surface area (Å²) in [5.74, 6) is -0.0477. The van der Waals surface area contributed by atoms with Crippen molar-refractivity contribution in [2.45, 2.75) is 0 Å². The fraction of sp³-hybridized carbons (Fsp3) is 0.417. The molecule has 0 bridgehead atoms. The molecule has 1 saturated heterocycles. The molecule has 116 valence electrons. The topological polar surface area (TPSA) is 99.2 Å². The molecule has 21 heavy (non-hydrogen) atoms. The van der Waals surface area contributed by atoms with Crippen LogP contribution in [0.3, 0.4) is 0 Å². The first kappa shape index (κ1) is 15.9. The molecule has 9 heteroatoms. The molecule has 0 unspecified atom stereocenters. The summed E-state index contributed by atoms with van der Waals surface area (Å²) in [4.78, 5) is 2.05. The molecule has 1 fully saturated rings. The van der Waals surface area contributed by atoms with Crippen LogP contribution in [0.15, 0.2) is 23.4 Å². The highest BCUT2D eigenvalue weighted by Crippen LogP contribution is 2.25. The maximum absolute atomic E-state index is 11.5. The zero-order valence-corrected chi connectivity index (χ0v) is 13.1. The standard InChI is InChI=1S/C12H17ClN4O3S/c1-21(19,20)17-6-4-16(5-7-17)9-2-3-10(11(13)8-9)12(14)15-18/h2-3,8,18H,4-7H2,1H3,(H2,14,15). The molecule has 0 aromatic heterocycles. The number of oxime groups is 1. The minimum atomic E-state index is -3.14. The maximum atomic E-state index is 11.5. The predicted molar refractivity (Wildman–Crippen MR) is 82.6 cm³/mol. The van der Waals surface area contributed by atoms with Crippen molar-refractivity contribution in [1.82, 2.24) is 4.31 Å². The Labute approximate surface area is 128 Å². The van der Waals surface area contributed by atoms with E-state index in [1.54, 1.807) is 12.1 Å². The van der Waals surface area contributed by atoms with E-state index >= 15 is 0 Å². The molecule has 0 aliphatic carbocycles. The van der Waals surface area contributed by atoms with E-state index in [2.05, 4.69) is 5.16 Å². The first-order valence-electron chi connectivity index (χ1n) is 6.30. The van der Waals surface area contributed by atoms with E-state index in [0.717, 1.165) is 5.69 Å². The molecular weight excluding hydrogens is 316 g/mol. The molecule has 3 N–H and O–H groups in total. The van der Waals surface area contributed by atoms with Crippen molar-refractivity contribution in [3.05, 3.63) is 28.8 Å². The highest BCUT2D eigenvalue weighted by Gasteiger charge is 2.23. The summed E-state index contributed by atoms with van der Waals surface area (Å²) in [5.41, 5.74) is 6.85. The molecule has 1 aromatic rings. The van der Waals surface area contributed by atoms with Crippen molar-refractivity contribution in [2.75, 3.05) is 37.3 Å². The third kappa shape index (κ3) is 3.58. The van der Waals surface area contributed by atoms with Crippen LogP contribution in [0.5, 0.6) is 0 Å². The molecule has 7 nitrogen and oxygen atoms in total. The largest absolute Gasteiger partial charge is 0.409 e. The molecule has 0 radical (unpaired) electrons. The summed E-state index contributed by atoms with van der Waals surface area (Å²) >= 11 is 6.12. The lowest BCUT2D eigenvalue weighted by Crippen LogP contribution is -2.48. The van der Waals surface area contributed by atoms with Crippen molar-refractivity contribution < 1.29 is 13.6 Å². The van der Waals surface area contributed by atoms with Gasteiger partial charge >= 0.3 is 0 Å². The van der Waals surface area contributed by atoms with Gasteiger partial charge in [-0.1, -0.05) is 16.8 Å². The number of halogens is 1. The van der Waals surface area contributed by atoms with Gasteiger partial charge in [-0.25, -0.2) is 8.42 Å². The van der Waals surface area contributed by atoms with Gasteiger partial charge in [0.15, 0.2) is 5.84 Å². The molecule has 1 aliphatic rings. The maximum Gasteiger partial charge on any atom is 0.211 e. The minimum Gasteiger partial charge on any atom is -0.409 e. The summed E-state index contributed by atoms with van der Waals surface area (Å²) in [6.45, 7) is 2.06. The van der Waals surface area contributed by atoms with Crippen molar-refractivity contribution in [2.24, 2.45) is 10.9 Å². The lowest BCUT2D eigenvalue weighted by Gasteiger charge is -2.34. The number of piperazine rings is 1. The lowest BCUT2D eigenvalue weighted by molar-refractivity contribution is 0.318. The minimum absolute atomic E-state index is 0.0477. The number of rotatable bonds is 3. The van der Waals surface area contributed by atoms with Crippen LogP contribution in [-0.4, -0.2) is 56.2 Å². The van der Waals surface area contributed by atoms with E-state index in [1.807, 2.05) is 11.0 Å². The summed E-state index contributed by atoms with van der Waals surface area (Å²) in [5, 5.41) is 12.0. The van der Waals surface area contributed by atoms with Crippen molar-refractivity contribution in [3.8, 4) is 0 Å². The number of hydrogen-bond donors (Lipinski definition) is 2. The molecule has 2 rings (SSSR count). The SMILES string of the molecule is CS(=O)(=O)N1CCN(c2ccc(C(N)=NO)c(Cl)c2)CC1. The zero-order valence-electron chi connectivity index (χ0n) is 11.5. The van der Waals surface area contributed by atoms with Crippen LogP contribution in [0.2, 0.25) is 5.02 Å². The Balaban J connectivity index is 2.13. The summed E-state index contributed by atoms with van der Waals surface area (Å²) in [7, 11) is -3.14. The average molecular weight is 333 g/mol. The van der Waals surface area contributed by atoms with E-state index in [9.17, 15) is 8.42 Å². The van der Waals surface area contributed by atoms with Crippen LogP contribution in [0, 0.1) is 0 Å². The molecule has 0 atom stereocenters. The summed E-state index contributed by atoms with van der Waals surface area (Å²) in [6.07, 6.45) is 1.21. The van der Waals surface area contributed by atoms with Crippen LogP contribution in [0.1, 0.15) is 5.56 Å². The van der Waals surface area contributed by atoms with Gasteiger partial charge in [0.2, 0.25) is 10.0 Å². The second kappa shape index (κ2) is 6.08. The van der Waals surface area contributed by atoms with Gasteiger partial charge in [0, 0.05) is 37.4 Å². The van der Waals surface area contributed by atoms with E-state index in [-0.39, 0.29) is 5.84 Å². The highest BCUT2D eigenvalue weighted by atomic mass is 35.5. The number of nitrogens with two attached hydrogens (primary N) is 1. The van der Waals surface area contributed by atoms with Gasteiger partial charge in [0.25, 0.3) is 0 Å². The summed E-state index contributed by atoms with van der Waals surface area (Å²) in [6, 6.07) is 5.22. The number of amidine groups is 1. The third-order valence-electron chi connectivity index (χ3n) is 3.41. The summed E-state index contributed by atoms with van der Waals surface area (Å²) < 4.78 is 24.4. The van der Waals surface area contributed by atoms with E-state index < -0.39 is 10.0 Å². The van der Waals surface area contributed by atoms with Crippen LogP contribution in [-0.2, 0) is 10.0 Å². The number of sulfonamides is 1. The molecule has 0 spiro atoms. The van der Waals surface area contributed by atoms with Crippen LogP contribution < -0.4 is 10.6 Å². The van der Waals surface area contributed by atoms with E-state index in [1.165, 1.54) is 10.6 Å². The smallest absolute Gasteiger partial charge is 0.211 e. The van der Waals surface area contributed by atoms with Gasteiger partial charge in [-0.15, -0.1) is 0 Å². The number of hydrogen-bond acceptors (Lipinski definition) is 5.